The molecule has 0 amide bonds. The van der Waals surface area contributed by atoms with Crippen molar-refractivity contribution in [1.29, 1.82) is 5.26 Å². The van der Waals surface area contributed by atoms with Gasteiger partial charge in [0.2, 0.25) is 0 Å². The lowest BCUT2D eigenvalue weighted by molar-refractivity contribution is 0.964. The second kappa shape index (κ2) is 7.65. The van der Waals surface area contributed by atoms with Crippen LogP contribution in [-0.2, 0) is 0 Å². The summed E-state index contributed by atoms with van der Waals surface area (Å²) in [4.78, 5) is 0. The van der Waals surface area contributed by atoms with Crippen LogP contribution in [0.3, 0.4) is 0 Å². The third kappa shape index (κ3) is 3.48. The number of aryl methyl sites for hydroxylation is 1. The molecule has 0 aliphatic rings. The quantitative estimate of drug-likeness (QED) is 0.234. The zero-order valence-corrected chi connectivity index (χ0v) is 17.9. The van der Waals surface area contributed by atoms with Crippen molar-refractivity contribution in [2.45, 2.75) is 13.8 Å². The molecule has 0 radical (unpaired) electrons. The highest BCUT2D eigenvalue weighted by atomic mass is 127. The fourth-order valence-electron chi connectivity index (χ4n) is 3.61. The molecule has 0 bridgehead atoms. The average molecular weight is 474 g/mol. The predicted molar refractivity (Wildman–Crippen MR) is 125 cm³/mol. The number of aromatic nitrogens is 1. The Hall–Kier alpha value is -2.84. The van der Waals surface area contributed by atoms with Gasteiger partial charge in [0.1, 0.15) is 0 Å². The van der Waals surface area contributed by atoms with Gasteiger partial charge in [-0.3, -0.25) is 0 Å². The summed E-state index contributed by atoms with van der Waals surface area (Å²) in [7, 11) is 0. The highest BCUT2D eigenvalue weighted by Crippen LogP contribution is 2.27. The molecule has 136 valence electrons. The molecule has 1 heterocycles. The number of nitrogens with zero attached hydrogens (tertiary/aromatic N) is 2. The van der Waals surface area contributed by atoms with Crippen LogP contribution in [0.4, 0.5) is 0 Å². The Kier molecular flexibility index (Phi) is 5.06. The van der Waals surface area contributed by atoms with E-state index in [0.717, 1.165) is 33.6 Å². The molecule has 4 aromatic rings. The highest BCUT2D eigenvalue weighted by Gasteiger charge is 2.11. The van der Waals surface area contributed by atoms with Gasteiger partial charge in [-0.15, -0.1) is 0 Å². The molecule has 0 N–H and O–H groups in total. The minimum Gasteiger partial charge on any atom is -0.318 e. The number of fused-ring (bicyclic) bond motifs is 1. The number of rotatable bonds is 3. The van der Waals surface area contributed by atoms with Crippen molar-refractivity contribution in [2.24, 2.45) is 0 Å². The van der Waals surface area contributed by atoms with E-state index in [1.165, 1.54) is 8.96 Å². The van der Waals surface area contributed by atoms with E-state index in [0.29, 0.717) is 5.57 Å². The standard InChI is InChI=1S/C25H19IN2/c1-17-13-22(18(2)28(17)25-11-9-24(26)10-12-25)15-23(16-27)21-8-7-19-5-3-4-6-20(19)14-21/h3-15H,1-2H3/b23-15+. The average Bonchev–Trinajstić information content (AvgIpc) is 2.99. The molecule has 0 atom stereocenters. The lowest BCUT2D eigenvalue weighted by atomic mass is 10.0. The first-order valence-corrected chi connectivity index (χ1v) is 10.2. The van der Waals surface area contributed by atoms with Gasteiger partial charge < -0.3 is 4.57 Å². The zero-order valence-electron chi connectivity index (χ0n) is 15.8. The van der Waals surface area contributed by atoms with Crippen LogP contribution < -0.4 is 0 Å². The van der Waals surface area contributed by atoms with Crippen molar-refractivity contribution in [3.05, 3.63) is 98.9 Å². The fraction of sp³-hybridized carbons (Fsp3) is 0.0800. The Labute approximate surface area is 178 Å². The van der Waals surface area contributed by atoms with Crippen LogP contribution in [0.1, 0.15) is 22.5 Å². The van der Waals surface area contributed by atoms with Gasteiger partial charge in [-0.05, 0) is 101 Å². The van der Waals surface area contributed by atoms with Crippen molar-refractivity contribution in [3.63, 3.8) is 0 Å². The van der Waals surface area contributed by atoms with E-state index in [4.69, 9.17) is 0 Å². The molecular formula is C25H19IN2. The van der Waals surface area contributed by atoms with Gasteiger partial charge in [0.25, 0.3) is 0 Å². The Bertz CT molecular complexity index is 1240. The topological polar surface area (TPSA) is 28.7 Å². The first kappa shape index (κ1) is 18.5. The van der Waals surface area contributed by atoms with Gasteiger partial charge in [0.05, 0.1) is 11.6 Å². The zero-order chi connectivity index (χ0) is 19.7. The molecule has 3 aromatic carbocycles. The van der Waals surface area contributed by atoms with Gasteiger partial charge >= 0.3 is 0 Å². The fourth-order valence-corrected chi connectivity index (χ4v) is 3.97. The number of hydrogen-bond donors (Lipinski definition) is 0. The summed E-state index contributed by atoms with van der Waals surface area (Å²) in [6.07, 6.45) is 2.00. The molecule has 0 spiro atoms. The first-order valence-electron chi connectivity index (χ1n) is 9.12. The number of nitriles is 1. The lowest BCUT2D eigenvalue weighted by Gasteiger charge is -2.10. The number of allylic oxidation sites excluding steroid dienone is 1. The van der Waals surface area contributed by atoms with Gasteiger partial charge in [-0.25, -0.2) is 0 Å². The second-order valence-electron chi connectivity index (χ2n) is 6.87. The molecule has 0 saturated heterocycles. The Morgan fingerprint density at radius 1 is 0.929 bits per heavy atom. The molecule has 0 saturated carbocycles. The van der Waals surface area contributed by atoms with Crippen LogP contribution in [0.25, 0.3) is 28.1 Å². The third-order valence-electron chi connectivity index (χ3n) is 5.04. The Morgan fingerprint density at radius 3 is 2.36 bits per heavy atom. The Morgan fingerprint density at radius 2 is 1.64 bits per heavy atom. The van der Waals surface area contributed by atoms with E-state index in [2.05, 4.69) is 102 Å². The minimum atomic E-state index is 0.675. The van der Waals surface area contributed by atoms with E-state index in [1.807, 2.05) is 24.3 Å². The molecule has 0 unspecified atom stereocenters. The molecule has 0 aliphatic carbocycles. The highest BCUT2D eigenvalue weighted by molar-refractivity contribution is 14.1. The SMILES string of the molecule is Cc1cc(/C=C(\C#N)c2ccc3ccccc3c2)c(C)n1-c1ccc(I)cc1. The molecule has 3 heteroatoms. The van der Waals surface area contributed by atoms with Crippen LogP contribution in [-0.4, -0.2) is 4.57 Å². The van der Waals surface area contributed by atoms with Crippen LogP contribution >= 0.6 is 22.6 Å². The summed E-state index contributed by atoms with van der Waals surface area (Å²) >= 11 is 2.32. The summed E-state index contributed by atoms with van der Waals surface area (Å²) in [5, 5.41) is 12.1. The van der Waals surface area contributed by atoms with Gasteiger partial charge in [-0.1, -0.05) is 36.4 Å². The first-order chi connectivity index (χ1) is 13.6. The Balaban J connectivity index is 1.79. The van der Waals surface area contributed by atoms with Crippen LogP contribution in [0.5, 0.6) is 0 Å². The van der Waals surface area contributed by atoms with Crippen LogP contribution in [0.15, 0.2) is 72.8 Å². The smallest absolute Gasteiger partial charge is 0.0998 e. The monoisotopic (exact) mass is 474 g/mol. The van der Waals surface area contributed by atoms with Gasteiger partial charge in [0, 0.05) is 20.6 Å². The molecule has 0 aliphatic heterocycles. The molecule has 2 nitrogen and oxygen atoms in total. The summed E-state index contributed by atoms with van der Waals surface area (Å²) < 4.78 is 3.45. The van der Waals surface area contributed by atoms with Crippen LogP contribution in [0.2, 0.25) is 0 Å². The van der Waals surface area contributed by atoms with E-state index in [9.17, 15) is 5.26 Å². The lowest BCUT2D eigenvalue weighted by Crippen LogP contribution is -1.98. The minimum absolute atomic E-state index is 0.675. The van der Waals surface area contributed by atoms with Gasteiger partial charge in [0.15, 0.2) is 0 Å². The molecule has 4 rings (SSSR count). The van der Waals surface area contributed by atoms with Crippen molar-refractivity contribution < 1.29 is 0 Å². The van der Waals surface area contributed by atoms with Gasteiger partial charge in [-0.2, -0.15) is 5.26 Å². The normalized spacial score (nSPS) is 11.6. The molecular weight excluding hydrogens is 455 g/mol. The third-order valence-corrected chi connectivity index (χ3v) is 5.76. The van der Waals surface area contributed by atoms with E-state index in [-0.39, 0.29) is 0 Å². The number of hydrogen-bond acceptors (Lipinski definition) is 1. The summed E-state index contributed by atoms with van der Waals surface area (Å²) in [6.45, 7) is 4.20. The maximum atomic E-state index is 9.80. The maximum absolute atomic E-state index is 9.80. The number of benzene rings is 3. The number of halogens is 1. The molecule has 28 heavy (non-hydrogen) atoms. The van der Waals surface area contributed by atoms with Crippen molar-refractivity contribution in [1.82, 2.24) is 4.57 Å². The van der Waals surface area contributed by atoms with Crippen molar-refractivity contribution in [3.8, 4) is 11.8 Å². The summed E-state index contributed by atoms with van der Waals surface area (Å²) in [6, 6.07) is 27.4. The van der Waals surface area contributed by atoms with Crippen molar-refractivity contribution in [2.75, 3.05) is 0 Å². The second-order valence-corrected chi connectivity index (χ2v) is 8.12. The maximum Gasteiger partial charge on any atom is 0.0998 e. The van der Waals surface area contributed by atoms with E-state index < -0.39 is 0 Å². The summed E-state index contributed by atoms with van der Waals surface area (Å²) in [5.41, 5.74) is 6.11. The predicted octanol–water partition coefficient (Wildman–Crippen LogP) is 6.92. The van der Waals surface area contributed by atoms with Crippen LogP contribution in [0, 0.1) is 28.7 Å². The van der Waals surface area contributed by atoms with Crippen molar-refractivity contribution >= 4 is 45.0 Å². The van der Waals surface area contributed by atoms with E-state index in [1.54, 1.807) is 0 Å². The molecule has 0 fully saturated rings. The largest absolute Gasteiger partial charge is 0.318 e. The summed E-state index contributed by atoms with van der Waals surface area (Å²) in [5.74, 6) is 0. The van der Waals surface area contributed by atoms with E-state index >= 15 is 0 Å². The molecule has 1 aromatic heterocycles.